The van der Waals surface area contributed by atoms with E-state index >= 15 is 0 Å². The number of amides is 1. The monoisotopic (exact) mass is 520 g/mol. The number of para-hydroxylation sites is 1. The average molecular weight is 521 g/mol. The minimum atomic E-state index is -0.315. The van der Waals surface area contributed by atoms with E-state index in [0.717, 1.165) is 45.8 Å². The maximum atomic E-state index is 13.0. The molecule has 2 aromatic heterocycles. The molecule has 2 heterocycles. The van der Waals surface area contributed by atoms with E-state index < -0.39 is 0 Å². The van der Waals surface area contributed by atoms with Crippen LogP contribution in [0.15, 0.2) is 95.6 Å². The van der Waals surface area contributed by atoms with E-state index in [1.54, 1.807) is 6.07 Å². The number of hydrogen-bond acceptors (Lipinski definition) is 5. The molecule has 0 aliphatic carbocycles. The van der Waals surface area contributed by atoms with E-state index in [9.17, 15) is 4.79 Å². The Morgan fingerprint density at radius 2 is 1.72 bits per heavy atom. The first kappa shape index (κ1) is 26.0. The van der Waals surface area contributed by atoms with Gasteiger partial charge in [-0.3, -0.25) is 4.79 Å². The number of carbonyl (C=O) groups is 1. The zero-order valence-electron chi connectivity index (χ0n) is 22.4. The van der Waals surface area contributed by atoms with Gasteiger partial charge in [0.25, 0.3) is 5.91 Å². The number of hydrogen-bond donors (Lipinski definition) is 1. The van der Waals surface area contributed by atoms with Crippen molar-refractivity contribution >= 4 is 5.91 Å². The van der Waals surface area contributed by atoms with Gasteiger partial charge in [-0.05, 0) is 55.2 Å². The highest BCUT2D eigenvalue weighted by molar-refractivity contribution is 5.93. The van der Waals surface area contributed by atoms with Gasteiger partial charge in [0.1, 0.15) is 5.75 Å². The number of rotatable bonds is 10. The second kappa shape index (κ2) is 11.8. The number of carbonyl (C=O) groups excluding carboxylic acids is 1. The summed E-state index contributed by atoms with van der Waals surface area (Å²) in [5.74, 6) is 1.69. The Kier molecular flexibility index (Phi) is 7.87. The number of nitrogens with zero attached hydrogens (tertiary/aromatic N) is 3. The molecular formula is C32H32N4O3. The fraction of sp³-hybridized carbons (Fsp3) is 0.219. The van der Waals surface area contributed by atoms with Crippen LogP contribution in [-0.2, 0) is 6.54 Å². The van der Waals surface area contributed by atoms with Crippen LogP contribution >= 0.6 is 0 Å². The number of benzene rings is 3. The first-order valence-electron chi connectivity index (χ1n) is 13.2. The van der Waals surface area contributed by atoms with Crippen molar-refractivity contribution in [3.63, 3.8) is 0 Å². The highest BCUT2D eigenvalue weighted by atomic mass is 16.5. The van der Waals surface area contributed by atoms with E-state index in [-0.39, 0.29) is 18.1 Å². The van der Waals surface area contributed by atoms with Crippen LogP contribution in [-0.4, -0.2) is 27.5 Å². The molecule has 39 heavy (non-hydrogen) atoms. The molecule has 0 aliphatic heterocycles. The van der Waals surface area contributed by atoms with Crippen molar-refractivity contribution in [3.05, 3.63) is 108 Å². The lowest BCUT2D eigenvalue weighted by Crippen LogP contribution is -2.23. The third-order valence-corrected chi connectivity index (χ3v) is 6.45. The minimum absolute atomic E-state index is 0.226. The van der Waals surface area contributed by atoms with Crippen molar-refractivity contribution in [2.24, 2.45) is 5.92 Å². The van der Waals surface area contributed by atoms with Gasteiger partial charge in [0.05, 0.1) is 18.0 Å². The number of aromatic nitrogens is 3. The molecule has 3 aromatic carbocycles. The topological polar surface area (TPSA) is 82.2 Å². The molecule has 0 saturated heterocycles. The smallest absolute Gasteiger partial charge is 0.273 e. The summed E-state index contributed by atoms with van der Waals surface area (Å²) in [6.07, 6.45) is 2.95. The third-order valence-electron chi connectivity index (χ3n) is 6.45. The lowest BCUT2D eigenvalue weighted by atomic mass is 10.0. The molecule has 1 amide bonds. The largest absolute Gasteiger partial charge is 0.493 e. The summed E-state index contributed by atoms with van der Waals surface area (Å²) in [6, 6.07) is 27.2. The molecule has 7 heteroatoms. The minimum Gasteiger partial charge on any atom is -0.493 e. The van der Waals surface area contributed by atoms with Gasteiger partial charge in [-0.15, -0.1) is 0 Å². The Hall–Kier alpha value is -4.65. The Morgan fingerprint density at radius 3 is 2.44 bits per heavy atom. The van der Waals surface area contributed by atoms with Gasteiger partial charge in [-0.1, -0.05) is 67.5 Å². The van der Waals surface area contributed by atoms with Gasteiger partial charge in [-0.25, -0.2) is 4.68 Å². The summed E-state index contributed by atoms with van der Waals surface area (Å²) in [5, 5.41) is 11.8. The normalized spacial score (nSPS) is 11.1. The van der Waals surface area contributed by atoms with Crippen molar-refractivity contribution in [2.75, 3.05) is 6.61 Å². The van der Waals surface area contributed by atoms with E-state index in [1.165, 1.54) is 0 Å². The molecule has 0 unspecified atom stereocenters. The molecule has 5 aromatic rings. The molecule has 0 aliphatic rings. The number of ether oxygens (including phenoxy) is 1. The Morgan fingerprint density at radius 1 is 0.974 bits per heavy atom. The molecule has 7 nitrogen and oxygen atoms in total. The SMILES string of the molecule is Cc1cc(-c2nn(-c3ccccc3)cc2CNC(=O)c2cc(-c3ccccc3)on2)ccc1OCCC(C)C. The summed E-state index contributed by atoms with van der Waals surface area (Å²) in [7, 11) is 0. The summed E-state index contributed by atoms with van der Waals surface area (Å²) >= 11 is 0. The van der Waals surface area contributed by atoms with Crippen LogP contribution < -0.4 is 10.1 Å². The van der Waals surface area contributed by atoms with Crippen molar-refractivity contribution < 1.29 is 14.1 Å². The maximum Gasteiger partial charge on any atom is 0.273 e. The van der Waals surface area contributed by atoms with Gasteiger partial charge < -0.3 is 14.6 Å². The lowest BCUT2D eigenvalue weighted by molar-refractivity contribution is 0.0942. The molecule has 0 radical (unpaired) electrons. The standard InChI is InChI=1S/C32H32N4O3/c1-22(2)16-17-38-29-15-14-25(18-23(29)3)31-26(21-36(34-31)27-12-8-5-9-13-27)20-33-32(37)28-19-30(39-35-28)24-10-6-4-7-11-24/h4-15,18-19,21-22H,16-17,20H2,1-3H3,(H,33,37). The molecular weight excluding hydrogens is 488 g/mol. The summed E-state index contributed by atoms with van der Waals surface area (Å²) in [4.78, 5) is 13.0. The van der Waals surface area contributed by atoms with Gasteiger partial charge in [-0.2, -0.15) is 5.10 Å². The Bertz CT molecular complexity index is 1540. The van der Waals surface area contributed by atoms with Crippen LogP contribution in [0.2, 0.25) is 0 Å². The summed E-state index contributed by atoms with van der Waals surface area (Å²) < 4.78 is 13.2. The average Bonchev–Trinajstić information content (AvgIpc) is 3.62. The first-order valence-corrected chi connectivity index (χ1v) is 13.2. The summed E-state index contributed by atoms with van der Waals surface area (Å²) in [5.41, 5.74) is 5.69. The molecule has 0 bridgehead atoms. The Labute approximate surface area is 228 Å². The number of nitrogens with one attached hydrogen (secondary N) is 1. The molecule has 198 valence electrons. The van der Waals surface area contributed by atoms with Gasteiger partial charge in [0.2, 0.25) is 0 Å². The molecule has 0 atom stereocenters. The highest BCUT2D eigenvalue weighted by Gasteiger charge is 2.17. The van der Waals surface area contributed by atoms with E-state index in [2.05, 4.69) is 30.4 Å². The van der Waals surface area contributed by atoms with E-state index in [0.29, 0.717) is 18.3 Å². The van der Waals surface area contributed by atoms with Crippen molar-refractivity contribution in [1.29, 1.82) is 0 Å². The van der Waals surface area contributed by atoms with Crippen molar-refractivity contribution in [1.82, 2.24) is 20.3 Å². The van der Waals surface area contributed by atoms with E-state index in [1.807, 2.05) is 90.6 Å². The van der Waals surface area contributed by atoms with Crippen LogP contribution in [0, 0.1) is 12.8 Å². The van der Waals surface area contributed by atoms with Crippen LogP contribution in [0.1, 0.15) is 41.9 Å². The lowest BCUT2D eigenvalue weighted by Gasteiger charge is -2.12. The van der Waals surface area contributed by atoms with E-state index in [4.69, 9.17) is 14.4 Å². The third kappa shape index (κ3) is 6.26. The molecule has 0 saturated carbocycles. The van der Waals surface area contributed by atoms with Crippen LogP contribution in [0.5, 0.6) is 5.75 Å². The van der Waals surface area contributed by atoms with Crippen LogP contribution in [0.4, 0.5) is 0 Å². The van der Waals surface area contributed by atoms with Crippen molar-refractivity contribution in [3.8, 4) is 34.0 Å². The van der Waals surface area contributed by atoms with Crippen LogP contribution in [0.25, 0.3) is 28.3 Å². The fourth-order valence-corrected chi connectivity index (χ4v) is 4.25. The predicted octanol–water partition coefficient (Wildman–Crippen LogP) is 6.86. The summed E-state index contributed by atoms with van der Waals surface area (Å²) in [6.45, 7) is 7.38. The maximum absolute atomic E-state index is 13.0. The molecule has 0 spiro atoms. The van der Waals surface area contributed by atoms with Crippen LogP contribution in [0.3, 0.4) is 0 Å². The molecule has 5 rings (SSSR count). The second-order valence-corrected chi connectivity index (χ2v) is 9.92. The molecule has 1 N–H and O–H groups in total. The molecule has 0 fully saturated rings. The number of aryl methyl sites for hydroxylation is 1. The second-order valence-electron chi connectivity index (χ2n) is 9.92. The van der Waals surface area contributed by atoms with Gasteiger partial charge in [0.15, 0.2) is 11.5 Å². The highest BCUT2D eigenvalue weighted by Crippen LogP contribution is 2.29. The zero-order chi connectivity index (χ0) is 27.2. The zero-order valence-corrected chi connectivity index (χ0v) is 22.4. The fourth-order valence-electron chi connectivity index (χ4n) is 4.25. The quantitative estimate of drug-likeness (QED) is 0.218. The predicted molar refractivity (Wildman–Crippen MR) is 152 cm³/mol. The van der Waals surface area contributed by atoms with Gasteiger partial charge in [0, 0.05) is 35.5 Å². The van der Waals surface area contributed by atoms with Gasteiger partial charge >= 0.3 is 0 Å². The first-order chi connectivity index (χ1) is 19.0. The van der Waals surface area contributed by atoms with Crippen molar-refractivity contribution in [2.45, 2.75) is 33.7 Å². The Balaban J connectivity index is 1.37.